The molecule has 3 nitrogen and oxygen atoms in total. The van der Waals surface area contributed by atoms with Gasteiger partial charge in [0.2, 0.25) is 0 Å². The molecule has 0 aliphatic carbocycles. The molecule has 0 bridgehead atoms. The lowest BCUT2D eigenvalue weighted by molar-refractivity contribution is 0.239. The van der Waals surface area contributed by atoms with Crippen molar-refractivity contribution < 1.29 is 0 Å². The van der Waals surface area contributed by atoms with Crippen molar-refractivity contribution in [2.75, 3.05) is 31.6 Å². The molecule has 1 aliphatic rings. The van der Waals surface area contributed by atoms with Crippen LogP contribution in [0.1, 0.15) is 20.3 Å². The standard InChI is InChI=1S/C16H22BrN3/c1-16(2)11-19(3)10-15(8-9-18)20(12-16)14-6-4-13(17)5-7-14/h4-7,15H,8,10-12H2,1-3H3. The maximum atomic E-state index is 9.13. The molecule has 1 atom stereocenters. The fraction of sp³-hybridized carbons (Fsp3) is 0.562. The summed E-state index contributed by atoms with van der Waals surface area (Å²) in [6.45, 7) is 7.56. The molecule has 0 radical (unpaired) electrons. The van der Waals surface area contributed by atoms with Gasteiger partial charge in [-0.15, -0.1) is 0 Å². The molecule has 108 valence electrons. The van der Waals surface area contributed by atoms with Crippen LogP contribution in [0, 0.1) is 16.7 Å². The number of benzene rings is 1. The van der Waals surface area contributed by atoms with E-state index in [1.165, 1.54) is 5.69 Å². The van der Waals surface area contributed by atoms with Crippen LogP contribution in [0.15, 0.2) is 28.7 Å². The molecule has 1 aromatic carbocycles. The number of rotatable bonds is 2. The van der Waals surface area contributed by atoms with Gasteiger partial charge in [0.15, 0.2) is 0 Å². The molecule has 4 heteroatoms. The summed E-state index contributed by atoms with van der Waals surface area (Å²) in [7, 11) is 2.15. The number of anilines is 1. The summed E-state index contributed by atoms with van der Waals surface area (Å²) in [6, 6.07) is 11.0. The number of hydrogen-bond acceptors (Lipinski definition) is 3. The Bertz CT molecular complexity index is 489. The van der Waals surface area contributed by atoms with Gasteiger partial charge in [0.05, 0.1) is 18.5 Å². The molecule has 1 unspecified atom stereocenters. The van der Waals surface area contributed by atoms with Crippen LogP contribution < -0.4 is 4.90 Å². The molecule has 0 saturated carbocycles. The second-order valence-electron chi connectivity index (χ2n) is 6.48. The average Bonchev–Trinajstić information content (AvgIpc) is 2.46. The fourth-order valence-corrected chi connectivity index (χ4v) is 3.37. The van der Waals surface area contributed by atoms with Crippen molar-refractivity contribution in [3.8, 4) is 6.07 Å². The summed E-state index contributed by atoms with van der Waals surface area (Å²) in [5, 5.41) is 9.13. The van der Waals surface area contributed by atoms with Crippen molar-refractivity contribution in [2.24, 2.45) is 5.41 Å². The minimum Gasteiger partial charge on any atom is -0.366 e. The highest BCUT2D eigenvalue weighted by Gasteiger charge is 2.32. The minimum atomic E-state index is 0.214. The van der Waals surface area contributed by atoms with Crippen molar-refractivity contribution in [3.63, 3.8) is 0 Å². The first-order valence-electron chi connectivity index (χ1n) is 6.99. The first kappa shape index (κ1) is 15.3. The Morgan fingerprint density at radius 1 is 1.30 bits per heavy atom. The van der Waals surface area contributed by atoms with Crippen LogP contribution in [0.3, 0.4) is 0 Å². The Morgan fingerprint density at radius 3 is 2.55 bits per heavy atom. The summed E-state index contributed by atoms with van der Waals surface area (Å²) in [4.78, 5) is 4.75. The van der Waals surface area contributed by atoms with E-state index in [-0.39, 0.29) is 11.5 Å². The van der Waals surface area contributed by atoms with E-state index in [2.05, 4.69) is 77.0 Å². The summed E-state index contributed by atoms with van der Waals surface area (Å²) in [5.41, 5.74) is 1.42. The van der Waals surface area contributed by atoms with E-state index in [1.54, 1.807) is 0 Å². The van der Waals surface area contributed by atoms with Crippen LogP contribution in [0.2, 0.25) is 0 Å². The maximum absolute atomic E-state index is 9.13. The largest absolute Gasteiger partial charge is 0.366 e. The Balaban J connectivity index is 2.33. The van der Waals surface area contributed by atoms with Gasteiger partial charge in [-0.05, 0) is 36.7 Å². The molecule has 0 aromatic heterocycles. The third-order valence-corrected chi connectivity index (χ3v) is 4.27. The van der Waals surface area contributed by atoms with Gasteiger partial charge in [0, 0.05) is 29.8 Å². The van der Waals surface area contributed by atoms with Gasteiger partial charge < -0.3 is 9.80 Å². The van der Waals surface area contributed by atoms with E-state index in [0.717, 1.165) is 24.1 Å². The zero-order valence-corrected chi connectivity index (χ0v) is 14.0. The Morgan fingerprint density at radius 2 is 1.95 bits per heavy atom. The van der Waals surface area contributed by atoms with E-state index < -0.39 is 0 Å². The lowest BCUT2D eigenvalue weighted by Gasteiger charge is -2.35. The number of nitrogens with zero attached hydrogens (tertiary/aromatic N) is 3. The summed E-state index contributed by atoms with van der Waals surface area (Å²) < 4.78 is 1.09. The van der Waals surface area contributed by atoms with Crippen molar-refractivity contribution in [1.29, 1.82) is 5.26 Å². The highest BCUT2D eigenvalue weighted by atomic mass is 79.9. The van der Waals surface area contributed by atoms with Crippen LogP contribution in [0.25, 0.3) is 0 Å². The summed E-state index contributed by atoms with van der Waals surface area (Å²) in [6.07, 6.45) is 0.566. The highest BCUT2D eigenvalue weighted by molar-refractivity contribution is 9.10. The zero-order chi connectivity index (χ0) is 14.8. The molecule has 1 heterocycles. The van der Waals surface area contributed by atoms with Gasteiger partial charge in [-0.3, -0.25) is 0 Å². The molecule has 1 fully saturated rings. The first-order chi connectivity index (χ1) is 9.41. The topological polar surface area (TPSA) is 30.3 Å². The first-order valence-corrected chi connectivity index (χ1v) is 7.78. The van der Waals surface area contributed by atoms with E-state index in [9.17, 15) is 0 Å². The van der Waals surface area contributed by atoms with Gasteiger partial charge in [-0.25, -0.2) is 0 Å². The highest BCUT2D eigenvalue weighted by Crippen LogP contribution is 2.30. The lowest BCUT2D eigenvalue weighted by Crippen LogP contribution is -2.41. The fourth-order valence-electron chi connectivity index (χ4n) is 3.11. The molecule has 20 heavy (non-hydrogen) atoms. The van der Waals surface area contributed by atoms with E-state index in [1.807, 2.05) is 0 Å². The SMILES string of the molecule is CN1CC(CC#N)N(c2ccc(Br)cc2)CC(C)(C)C1. The zero-order valence-electron chi connectivity index (χ0n) is 12.4. The number of nitriles is 1. The molecule has 1 saturated heterocycles. The number of halogens is 1. The third kappa shape index (κ3) is 3.74. The summed E-state index contributed by atoms with van der Waals surface area (Å²) in [5.74, 6) is 0. The Labute approximate surface area is 130 Å². The molecule has 0 N–H and O–H groups in total. The lowest BCUT2D eigenvalue weighted by atomic mass is 9.92. The molecule has 1 aliphatic heterocycles. The van der Waals surface area contributed by atoms with E-state index in [4.69, 9.17) is 5.26 Å². The molecular formula is C16H22BrN3. The number of hydrogen-bond donors (Lipinski definition) is 0. The molecule has 2 rings (SSSR count). The average molecular weight is 336 g/mol. The van der Waals surface area contributed by atoms with Crippen LogP contribution in [-0.2, 0) is 0 Å². The van der Waals surface area contributed by atoms with Gasteiger partial charge in [0.1, 0.15) is 0 Å². The predicted octanol–water partition coefficient (Wildman–Crippen LogP) is 3.51. The van der Waals surface area contributed by atoms with Crippen LogP contribution in [-0.4, -0.2) is 37.6 Å². The quantitative estimate of drug-likeness (QED) is 0.828. The van der Waals surface area contributed by atoms with Gasteiger partial charge in [0.25, 0.3) is 0 Å². The Hall–Kier alpha value is -1.05. The number of likely N-dealkylation sites (N-methyl/N-ethyl adjacent to an activating group) is 1. The van der Waals surface area contributed by atoms with Crippen LogP contribution in [0.4, 0.5) is 5.69 Å². The normalized spacial score (nSPS) is 23.1. The molecule has 0 spiro atoms. The van der Waals surface area contributed by atoms with Gasteiger partial charge in [-0.1, -0.05) is 29.8 Å². The predicted molar refractivity (Wildman–Crippen MR) is 86.8 cm³/mol. The smallest absolute Gasteiger partial charge is 0.0643 e. The van der Waals surface area contributed by atoms with Crippen molar-refractivity contribution in [1.82, 2.24) is 4.90 Å². The second-order valence-corrected chi connectivity index (χ2v) is 7.40. The van der Waals surface area contributed by atoms with Gasteiger partial charge >= 0.3 is 0 Å². The van der Waals surface area contributed by atoms with E-state index >= 15 is 0 Å². The van der Waals surface area contributed by atoms with Crippen molar-refractivity contribution in [3.05, 3.63) is 28.7 Å². The van der Waals surface area contributed by atoms with Gasteiger partial charge in [-0.2, -0.15) is 5.26 Å². The second kappa shape index (κ2) is 6.15. The van der Waals surface area contributed by atoms with Crippen LogP contribution >= 0.6 is 15.9 Å². The third-order valence-electron chi connectivity index (χ3n) is 3.74. The maximum Gasteiger partial charge on any atom is 0.0643 e. The summed E-state index contributed by atoms with van der Waals surface area (Å²) >= 11 is 3.48. The molecule has 0 amide bonds. The minimum absolute atomic E-state index is 0.214. The van der Waals surface area contributed by atoms with Crippen molar-refractivity contribution >= 4 is 21.6 Å². The van der Waals surface area contributed by atoms with E-state index in [0.29, 0.717) is 6.42 Å². The Kier molecular flexibility index (Phi) is 4.72. The monoisotopic (exact) mass is 335 g/mol. The van der Waals surface area contributed by atoms with Crippen molar-refractivity contribution in [2.45, 2.75) is 26.3 Å². The molecule has 1 aromatic rings. The van der Waals surface area contributed by atoms with Crippen LogP contribution in [0.5, 0.6) is 0 Å². The molecular weight excluding hydrogens is 314 g/mol.